The molecule has 0 bridgehead atoms. The second kappa shape index (κ2) is 7.54. The number of urea groups is 1. The molecule has 0 aliphatic rings. The second-order valence-electron chi connectivity index (χ2n) is 4.63. The quantitative estimate of drug-likeness (QED) is 0.874. The van der Waals surface area contributed by atoms with Crippen LogP contribution in [0.25, 0.3) is 0 Å². The molecule has 2 N–H and O–H groups in total. The van der Waals surface area contributed by atoms with Crippen molar-refractivity contribution in [3.8, 4) is 11.8 Å². The van der Waals surface area contributed by atoms with Crippen molar-refractivity contribution in [2.75, 3.05) is 11.9 Å². The summed E-state index contributed by atoms with van der Waals surface area (Å²) in [4.78, 5) is 11.6. The molecule has 0 saturated carbocycles. The van der Waals surface area contributed by atoms with E-state index in [1.165, 1.54) is 18.2 Å². The highest BCUT2D eigenvalue weighted by atomic mass is 19.4. The average molecular weight is 315 g/mol. The maximum atomic E-state index is 12.1. The van der Waals surface area contributed by atoms with Gasteiger partial charge in [-0.05, 0) is 31.5 Å². The minimum Gasteiger partial charge on any atom is -0.483 e. The molecular weight excluding hydrogens is 299 g/mol. The van der Waals surface area contributed by atoms with E-state index in [-0.39, 0.29) is 23.0 Å². The molecule has 1 atom stereocenters. The lowest BCUT2D eigenvalue weighted by Crippen LogP contribution is -2.35. The molecule has 0 spiro atoms. The molecule has 120 valence electrons. The zero-order chi connectivity index (χ0) is 16.8. The number of anilines is 1. The van der Waals surface area contributed by atoms with Gasteiger partial charge in [0.1, 0.15) is 11.8 Å². The van der Waals surface area contributed by atoms with E-state index in [2.05, 4.69) is 15.4 Å². The van der Waals surface area contributed by atoms with E-state index in [4.69, 9.17) is 5.26 Å². The van der Waals surface area contributed by atoms with Gasteiger partial charge in [0.2, 0.25) is 0 Å². The molecule has 0 radical (unpaired) electrons. The van der Waals surface area contributed by atoms with Crippen LogP contribution in [-0.2, 0) is 0 Å². The predicted molar refractivity (Wildman–Crippen MR) is 74.6 cm³/mol. The summed E-state index contributed by atoms with van der Waals surface area (Å²) >= 11 is 0. The summed E-state index contributed by atoms with van der Waals surface area (Å²) < 4.78 is 40.9. The van der Waals surface area contributed by atoms with Gasteiger partial charge in [0.15, 0.2) is 6.61 Å². The van der Waals surface area contributed by atoms with Crippen LogP contribution in [-0.4, -0.2) is 24.9 Å². The third kappa shape index (κ3) is 5.91. The largest absolute Gasteiger partial charge is 0.483 e. The molecule has 5 nitrogen and oxygen atoms in total. The minimum atomic E-state index is -4.49. The van der Waals surface area contributed by atoms with Crippen molar-refractivity contribution in [2.24, 2.45) is 0 Å². The van der Waals surface area contributed by atoms with Crippen LogP contribution in [0.5, 0.6) is 5.75 Å². The summed E-state index contributed by atoms with van der Waals surface area (Å²) in [5, 5.41) is 14.1. The number of halogens is 3. The molecular formula is C14H16F3N3O2. The average Bonchev–Trinajstić information content (AvgIpc) is 2.44. The van der Waals surface area contributed by atoms with Gasteiger partial charge in [-0.3, -0.25) is 0 Å². The normalized spacial score (nSPS) is 12.2. The fraction of sp³-hybridized carbons (Fsp3) is 0.429. The number of nitrogens with zero attached hydrogens (tertiary/aromatic N) is 1. The lowest BCUT2D eigenvalue weighted by Gasteiger charge is -2.14. The van der Waals surface area contributed by atoms with Gasteiger partial charge in [-0.1, -0.05) is 6.92 Å². The number of carbonyl (C=O) groups is 1. The molecule has 0 aliphatic heterocycles. The Kier molecular flexibility index (Phi) is 6.04. The standard InChI is InChI=1S/C14H16F3N3O2/c1-3-9(2)19-13(21)20-11-4-5-12(10(6-11)7-18)22-8-14(15,16)17/h4-6,9H,3,8H2,1-2H3,(H2,19,20,21). The van der Waals surface area contributed by atoms with Gasteiger partial charge in [-0.2, -0.15) is 18.4 Å². The second-order valence-corrected chi connectivity index (χ2v) is 4.63. The number of carbonyl (C=O) groups excluding carboxylic acids is 1. The number of ether oxygens (including phenoxy) is 1. The summed E-state index contributed by atoms with van der Waals surface area (Å²) in [6, 6.07) is 5.08. The first-order valence-electron chi connectivity index (χ1n) is 6.56. The first-order valence-corrected chi connectivity index (χ1v) is 6.56. The Morgan fingerprint density at radius 2 is 2.14 bits per heavy atom. The van der Waals surface area contributed by atoms with Gasteiger partial charge in [0.25, 0.3) is 0 Å². The summed E-state index contributed by atoms with van der Waals surface area (Å²) in [5.41, 5.74) is 0.197. The molecule has 1 aromatic carbocycles. The van der Waals surface area contributed by atoms with E-state index in [1.54, 1.807) is 6.07 Å². The van der Waals surface area contributed by atoms with Crippen molar-refractivity contribution in [1.29, 1.82) is 5.26 Å². The van der Waals surface area contributed by atoms with E-state index in [0.717, 1.165) is 6.42 Å². The number of nitrogens with one attached hydrogen (secondary N) is 2. The summed E-state index contributed by atoms with van der Waals surface area (Å²) in [5.74, 6) is -0.187. The molecule has 0 fully saturated rings. The summed E-state index contributed by atoms with van der Waals surface area (Å²) in [6.07, 6.45) is -3.74. The van der Waals surface area contributed by atoms with E-state index >= 15 is 0 Å². The zero-order valence-electron chi connectivity index (χ0n) is 12.1. The van der Waals surface area contributed by atoms with Crippen LogP contribution >= 0.6 is 0 Å². The number of alkyl halides is 3. The van der Waals surface area contributed by atoms with Crippen LogP contribution in [0.3, 0.4) is 0 Å². The fourth-order valence-corrected chi connectivity index (χ4v) is 1.47. The van der Waals surface area contributed by atoms with Gasteiger partial charge in [-0.15, -0.1) is 0 Å². The van der Waals surface area contributed by atoms with Crippen molar-refractivity contribution in [2.45, 2.75) is 32.5 Å². The van der Waals surface area contributed by atoms with Crippen LogP contribution in [0.2, 0.25) is 0 Å². The Hall–Kier alpha value is -2.43. The minimum absolute atomic E-state index is 0.0233. The summed E-state index contributed by atoms with van der Waals surface area (Å²) in [6.45, 7) is 2.25. The van der Waals surface area contributed by atoms with Crippen LogP contribution in [0, 0.1) is 11.3 Å². The SMILES string of the molecule is CCC(C)NC(=O)Nc1ccc(OCC(F)(F)F)c(C#N)c1. The molecule has 0 aliphatic carbocycles. The summed E-state index contributed by atoms with van der Waals surface area (Å²) in [7, 11) is 0. The van der Waals surface area contributed by atoms with Crippen LogP contribution < -0.4 is 15.4 Å². The first kappa shape index (κ1) is 17.6. The van der Waals surface area contributed by atoms with Crippen LogP contribution in [0.15, 0.2) is 18.2 Å². The van der Waals surface area contributed by atoms with Crippen molar-refractivity contribution >= 4 is 11.7 Å². The van der Waals surface area contributed by atoms with Gasteiger partial charge in [-0.25, -0.2) is 4.79 Å². The van der Waals surface area contributed by atoms with E-state index in [0.29, 0.717) is 0 Å². The van der Waals surface area contributed by atoms with E-state index in [9.17, 15) is 18.0 Å². The molecule has 1 rings (SSSR count). The van der Waals surface area contributed by atoms with Crippen molar-refractivity contribution in [3.05, 3.63) is 23.8 Å². The first-order chi connectivity index (χ1) is 10.2. The Bertz CT molecular complexity index is 567. The molecule has 2 amide bonds. The highest BCUT2D eigenvalue weighted by molar-refractivity contribution is 5.89. The molecule has 0 saturated heterocycles. The van der Waals surface area contributed by atoms with Gasteiger partial charge in [0, 0.05) is 11.7 Å². The third-order valence-corrected chi connectivity index (χ3v) is 2.74. The molecule has 22 heavy (non-hydrogen) atoms. The molecule has 0 aromatic heterocycles. The smallest absolute Gasteiger partial charge is 0.422 e. The Labute approximate surface area is 126 Å². The Morgan fingerprint density at radius 1 is 1.45 bits per heavy atom. The number of amides is 2. The van der Waals surface area contributed by atoms with E-state index in [1.807, 2.05) is 13.8 Å². The number of rotatable bonds is 5. The Balaban J connectivity index is 2.76. The fourth-order valence-electron chi connectivity index (χ4n) is 1.47. The number of hydrogen-bond donors (Lipinski definition) is 2. The number of hydrogen-bond acceptors (Lipinski definition) is 3. The topological polar surface area (TPSA) is 74.2 Å². The monoisotopic (exact) mass is 315 g/mol. The van der Waals surface area contributed by atoms with Crippen molar-refractivity contribution in [1.82, 2.24) is 5.32 Å². The van der Waals surface area contributed by atoms with Crippen molar-refractivity contribution < 1.29 is 22.7 Å². The molecule has 8 heteroatoms. The lowest BCUT2D eigenvalue weighted by molar-refractivity contribution is -0.153. The number of nitriles is 1. The maximum absolute atomic E-state index is 12.1. The van der Waals surface area contributed by atoms with Crippen molar-refractivity contribution in [3.63, 3.8) is 0 Å². The van der Waals surface area contributed by atoms with Gasteiger partial charge < -0.3 is 15.4 Å². The van der Waals surface area contributed by atoms with Crippen LogP contribution in [0.1, 0.15) is 25.8 Å². The predicted octanol–water partition coefficient (Wildman–Crippen LogP) is 3.42. The highest BCUT2D eigenvalue weighted by Crippen LogP contribution is 2.24. The Morgan fingerprint density at radius 3 is 2.68 bits per heavy atom. The third-order valence-electron chi connectivity index (χ3n) is 2.74. The number of benzene rings is 1. The zero-order valence-corrected chi connectivity index (χ0v) is 12.1. The molecule has 1 unspecified atom stereocenters. The lowest BCUT2D eigenvalue weighted by atomic mass is 10.2. The molecule has 1 aromatic rings. The van der Waals surface area contributed by atoms with Gasteiger partial charge in [0.05, 0.1) is 5.56 Å². The maximum Gasteiger partial charge on any atom is 0.422 e. The van der Waals surface area contributed by atoms with E-state index < -0.39 is 18.8 Å². The van der Waals surface area contributed by atoms with Gasteiger partial charge >= 0.3 is 12.2 Å². The molecule has 0 heterocycles. The highest BCUT2D eigenvalue weighted by Gasteiger charge is 2.28. The van der Waals surface area contributed by atoms with Crippen LogP contribution in [0.4, 0.5) is 23.7 Å².